The summed E-state index contributed by atoms with van der Waals surface area (Å²) in [7, 11) is 0. The fourth-order valence-corrected chi connectivity index (χ4v) is 5.77. The maximum Gasteiger partial charge on any atom is 0.338 e. The predicted octanol–water partition coefficient (Wildman–Crippen LogP) is 6.24. The van der Waals surface area contributed by atoms with Gasteiger partial charge in [-0.1, -0.05) is 39.2 Å². The number of anilines is 2. The van der Waals surface area contributed by atoms with Crippen molar-refractivity contribution in [2.24, 2.45) is 0 Å². The van der Waals surface area contributed by atoms with Crippen LogP contribution in [-0.2, 0) is 9.59 Å². The Bertz CT molecular complexity index is 1450. The first-order valence-corrected chi connectivity index (χ1v) is 9.89. The number of benzene rings is 1. The van der Waals surface area contributed by atoms with Gasteiger partial charge in [0.15, 0.2) is 0 Å². The highest BCUT2D eigenvalue weighted by atomic mass is 127. The van der Waals surface area contributed by atoms with Crippen LogP contribution < -0.4 is 10.6 Å². The van der Waals surface area contributed by atoms with E-state index in [4.69, 9.17) is 30.2 Å². The molecule has 0 aliphatic carbocycles. The third kappa shape index (κ3) is 7.58. The topological polar surface area (TPSA) is 95.5 Å². The Morgan fingerprint density at radius 3 is 1.64 bits per heavy atom. The van der Waals surface area contributed by atoms with Gasteiger partial charge in [-0.3, -0.25) is 9.59 Å². The number of carbonyl (C=O) groups is 3. The molecule has 28 heavy (non-hydrogen) atoms. The van der Waals surface area contributed by atoms with E-state index >= 15 is 0 Å². The minimum absolute atomic E-state index is 0.465. The van der Waals surface area contributed by atoms with Crippen molar-refractivity contribution >= 4 is 96.9 Å². The molecule has 1 rings (SSSR count). The number of halogens is 3. The number of carboxylic acid groups (broad SMARTS) is 1. The molecule has 0 aromatic heterocycles. The van der Waals surface area contributed by atoms with Crippen molar-refractivity contribution in [3.63, 3.8) is 0 Å². The van der Waals surface area contributed by atoms with Crippen molar-refractivity contribution < 1.29 is 49.6 Å². The molecular formula is C19H25I3N2O4. The van der Waals surface area contributed by atoms with Crippen molar-refractivity contribution in [2.45, 2.75) is 64.7 Å². The molecule has 1 aromatic rings. The molecule has 2 amide bonds. The highest BCUT2D eigenvalue weighted by molar-refractivity contribution is 14.1. The van der Waals surface area contributed by atoms with E-state index in [0.29, 0.717) is 0 Å². The number of aromatic carboxylic acids is 1. The number of rotatable bonds is 11. The summed E-state index contributed by atoms with van der Waals surface area (Å²) in [4.78, 5) is 38.7. The van der Waals surface area contributed by atoms with E-state index in [1.54, 1.807) is 10.6 Å². The lowest BCUT2D eigenvalue weighted by Gasteiger charge is -2.19. The zero-order chi connectivity index (χ0) is 40.6. The molecule has 0 bridgehead atoms. The van der Waals surface area contributed by atoms with Crippen LogP contribution in [0.4, 0.5) is 11.4 Å². The molecule has 6 nitrogen and oxygen atoms in total. The van der Waals surface area contributed by atoms with Crippen molar-refractivity contribution in [3.05, 3.63) is 16.3 Å². The maximum atomic E-state index is 13.3. The number of amides is 2. The van der Waals surface area contributed by atoms with E-state index in [2.05, 4.69) is 0 Å². The van der Waals surface area contributed by atoms with Crippen LogP contribution in [0.15, 0.2) is 0 Å². The smallest absolute Gasteiger partial charge is 0.338 e. The third-order valence-electron chi connectivity index (χ3n) is 2.61. The SMILES string of the molecule is [2H]C([2H])([2H])C([2H])([2H])C([2H])([2H])C([2H])([2H])C([2H])([2H])C(=O)Nc1c(I)c(NC(=O)C([2H])([2H])C([2H])([2H])C([2H])([2H])C([2H])([2H])C([2H])([2H])[2H])c(I)c(C(=O)O)c1I. The van der Waals surface area contributed by atoms with Crippen LogP contribution in [0.2, 0.25) is 0 Å². The molecule has 3 N–H and O–H groups in total. The number of carboxylic acids is 1. The third-order valence-corrected chi connectivity index (χ3v) is 5.85. The lowest BCUT2D eigenvalue weighted by atomic mass is 10.1. The van der Waals surface area contributed by atoms with Gasteiger partial charge in [0.05, 0.1) is 27.6 Å². The van der Waals surface area contributed by atoms with Gasteiger partial charge in [-0.15, -0.1) is 0 Å². The van der Waals surface area contributed by atoms with E-state index in [-0.39, 0.29) is 0 Å². The monoisotopic (exact) mass is 748 g/mol. The van der Waals surface area contributed by atoms with Crippen LogP contribution >= 0.6 is 67.8 Å². The Labute approximate surface area is 237 Å². The zero-order valence-corrected chi connectivity index (χ0v) is 19.8. The molecule has 156 valence electrons. The second-order valence-corrected chi connectivity index (χ2v) is 7.52. The summed E-state index contributed by atoms with van der Waals surface area (Å²) >= 11 is 3.92. The van der Waals surface area contributed by atoms with Crippen molar-refractivity contribution in [3.8, 4) is 0 Å². The Balaban J connectivity index is 3.92. The Hall–Kier alpha value is -0.180. The first kappa shape index (κ1) is 8.06. The fourth-order valence-electron chi connectivity index (χ4n) is 1.60. The number of carbonyl (C=O) groups excluding carboxylic acids is 2. The number of nitrogens with one attached hydrogen (secondary N) is 2. The molecule has 1 aromatic carbocycles. The maximum absolute atomic E-state index is 13.3. The van der Waals surface area contributed by atoms with Gasteiger partial charge in [-0.25, -0.2) is 4.79 Å². The molecule has 0 atom stereocenters. The standard InChI is InChI=1S/C19H25I3N2O4/c1-3-5-7-9-11(25)23-17-14(20)13(19(27)28)15(21)18(16(17)22)24-12(26)10-8-6-4-2/h3-10H2,1-2H3,(H,23,25)(H,24,26)(H,27,28)/i1D3,2D3,3D2,4D2,5D2,6D2,7D2,8D2,9D2,10D2. The quantitative estimate of drug-likeness (QED) is 0.234. The molecule has 0 radical (unpaired) electrons. The molecule has 0 spiro atoms. The van der Waals surface area contributed by atoms with Crippen LogP contribution in [0.25, 0.3) is 0 Å². The van der Waals surface area contributed by atoms with Crippen LogP contribution in [0.1, 0.15) is 105 Å². The fraction of sp³-hybridized carbons (Fsp3) is 0.526. The average Bonchev–Trinajstić information content (AvgIpc) is 2.90. The van der Waals surface area contributed by atoms with E-state index in [9.17, 15) is 19.5 Å². The molecular weight excluding hydrogens is 701 g/mol. The van der Waals surface area contributed by atoms with E-state index in [0.717, 1.165) is 0 Å². The molecule has 0 unspecified atom stereocenters. The Morgan fingerprint density at radius 1 is 0.857 bits per heavy atom. The van der Waals surface area contributed by atoms with Gasteiger partial charge in [0, 0.05) is 42.9 Å². The predicted molar refractivity (Wildman–Crippen MR) is 137 cm³/mol. The van der Waals surface area contributed by atoms with Gasteiger partial charge in [0.2, 0.25) is 11.8 Å². The van der Waals surface area contributed by atoms with Crippen LogP contribution in [0.5, 0.6) is 0 Å². The van der Waals surface area contributed by atoms with Crippen LogP contribution in [0, 0.1) is 10.7 Å². The van der Waals surface area contributed by atoms with Gasteiger partial charge in [0.1, 0.15) is 0 Å². The number of hydrogen-bond acceptors (Lipinski definition) is 3. The highest BCUT2D eigenvalue weighted by Gasteiger charge is 2.26. The summed E-state index contributed by atoms with van der Waals surface area (Å²) in [5.74, 6) is -6.04. The molecule has 0 saturated heterocycles. The van der Waals surface area contributed by atoms with E-state index < -0.39 is 110 Å². The van der Waals surface area contributed by atoms with Crippen LogP contribution in [-0.4, -0.2) is 22.9 Å². The summed E-state index contributed by atoms with van der Waals surface area (Å²) in [5, 5.41) is 13.5. The van der Waals surface area contributed by atoms with Crippen molar-refractivity contribution in [1.29, 1.82) is 0 Å². The van der Waals surface area contributed by atoms with E-state index in [1.165, 1.54) is 67.8 Å². The van der Waals surface area contributed by atoms with E-state index in [1.807, 2.05) is 0 Å². The Morgan fingerprint density at radius 2 is 1.29 bits per heavy atom. The lowest BCUT2D eigenvalue weighted by Crippen LogP contribution is -2.20. The van der Waals surface area contributed by atoms with Gasteiger partial charge < -0.3 is 15.7 Å². The largest absolute Gasteiger partial charge is 0.478 e. The summed E-state index contributed by atoms with van der Waals surface area (Å²) in [5.41, 5.74) is -2.32. The van der Waals surface area contributed by atoms with Gasteiger partial charge in [0.25, 0.3) is 0 Å². The normalized spacial score (nSPS) is 27.2. The summed E-state index contributed by atoms with van der Waals surface area (Å²) in [6.07, 6.45) is -33.5. The van der Waals surface area contributed by atoms with Crippen molar-refractivity contribution in [2.75, 3.05) is 10.6 Å². The van der Waals surface area contributed by atoms with Crippen LogP contribution in [0.3, 0.4) is 0 Å². The first-order chi connectivity index (χ1) is 21.6. The average molecular weight is 748 g/mol. The van der Waals surface area contributed by atoms with Gasteiger partial charge in [-0.2, -0.15) is 0 Å². The zero-order valence-electron chi connectivity index (χ0n) is 35.3. The molecule has 0 fully saturated rings. The molecule has 0 aliphatic rings. The first-order valence-electron chi connectivity index (χ1n) is 17.7. The molecule has 0 saturated carbocycles. The molecule has 9 heteroatoms. The van der Waals surface area contributed by atoms with Gasteiger partial charge >= 0.3 is 5.97 Å². The van der Waals surface area contributed by atoms with Crippen molar-refractivity contribution in [1.82, 2.24) is 0 Å². The second kappa shape index (κ2) is 13.2. The highest BCUT2D eigenvalue weighted by Crippen LogP contribution is 2.39. The summed E-state index contributed by atoms with van der Waals surface area (Å²) in [6, 6.07) is 0. The summed E-state index contributed by atoms with van der Waals surface area (Å²) in [6.45, 7) is -7.73. The minimum Gasteiger partial charge on any atom is -0.478 e. The molecule has 0 aliphatic heterocycles. The second-order valence-electron chi connectivity index (χ2n) is 4.28. The molecule has 0 heterocycles. The number of hydrogen-bond donors (Lipinski definition) is 3. The lowest BCUT2D eigenvalue weighted by molar-refractivity contribution is -0.117. The van der Waals surface area contributed by atoms with Gasteiger partial charge in [-0.05, 0) is 80.5 Å². The summed E-state index contributed by atoms with van der Waals surface area (Å²) < 4.78 is 169. The minimum atomic E-state index is -4.27. The Kier molecular flexibility index (Phi) is 3.80.